The van der Waals surface area contributed by atoms with Gasteiger partial charge in [0.1, 0.15) is 0 Å². The maximum atomic E-state index is 8.87. The molecule has 1 aromatic rings. The van der Waals surface area contributed by atoms with Crippen molar-refractivity contribution in [2.45, 2.75) is 5.92 Å². The van der Waals surface area contributed by atoms with Crippen LogP contribution in [0.3, 0.4) is 0 Å². The summed E-state index contributed by atoms with van der Waals surface area (Å²) in [7, 11) is 0. The molecule has 1 rings (SSSR count). The van der Waals surface area contributed by atoms with E-state index in [2.05, 4.69) is 22.9 Å². The maximum Gasteiger partial charge on any atom is 0.0583 e. The second-order valence-corrected chi connectivity index (χ2v) is 3.75. The van der Waals surface area contributed by atoms with E-state index >= 15 is 0 Å². The van der Waals surface area contributed by atoms with Gasteiger partial charge in [0.25, 0.3) is 0 Å². The Kier molecular flexibility index (Phi) is 3.56. The molecule has 1 unspecified atom stereocenters. The third-order valence-corrected chi connectivity index (χ3v) is 2.95. The molecule has 0 fully saturated rings. The van der Waals surface area contributed by atoms with Crippen LogP contribution in [0.25, 0.3) is 0 Å². The second kappa shape index (κ2) is 4.26. The van der Waals surface area contributed by atoms with Crippen molar-refractivity contribution in [2.75, 3.05) is 6.61 Å². The van der Waals surface area contributed by atoms with E-state index in [-0.39, 0.29) is 12.5 Å². The van der Waals surface area contributed by atoms with Gasteiger partial charge in [-0.2, -0.15) is 0 Å². The number of rotatable bonds is 2. The normalized spacial score (nSPS) is 13.0. The van der Waals surface area contributed by atoms with Gasteiger partial charge in [-0.1, -0.05) is 23.7 Å². The highest BCUT2D eigenvalue weighted by atomic mass is 79.9. The van der Waals surface area contributed by atoms with Crippen molar-refractivity contribution in [3.8, 4) is 0 Å². The molecule has 1 N–H and O–H groups in total. The Morgan fingerprint density at radius 1 is 1.58 bits per heavy atom. The van der Waals surface area contributed by atoms with Crippen molar-refractivity contribution in [1.29, 1.82) is 0 Å². The molecule has 1 radical (unpaired) electrons. The van der Waals surface area contributed by atoms with E-state index in [1.807, 2.05) is 18.2 Å². The summed E-state index contributed by atoms with van der Waals surface area (Å²) in [5.74, 6) is -0.157. The van der Waals surface area contributed by atoms with E-state index in [1.54, 1.807) is 0 Å². The summed E-state index contributed by atoms with van der Waals surface area (Å²) in [4.78, 5) is 0. The second-order valence-electron chi connectivity index (χ2n) is 2.52. The summed E-state index contributed by atoms with van der Waals surface area (Å²) < 4.78 is 0.837. The van der Waals surface area contributed by atoms with E-state index in [4.69, 9.17) is 16.7 Å². The molecule has 3 heteroatoms. The van der Waals surface area contributed by atoms with Crippen molar-refractivity contribution in [1.82, 2.24) is 0 Å². The molecule has 65 valence electrons. The maximum absolute atomic E-state index is 8.87. The number of hydrogen-bond donors (Lipinski definition) is 1. The molecule has 0 saturated heterocycles. The monoisotopic (exact) mass is 247 g/mol. The molecule has 1 atom stereocenters. The molecule has 0 aliphatic rings. The minimum absolute atomic E-state index is 0.0101. The minimum atomic E-state index is -0.157. The molecular formula is C9H9BrClO. The summed E-state index contributed by atoms with van der Waals surface area (Å²) in [6.07, 6.45) is 0. The molecule has 0 heterocycles. The average molecular weight is 249 g/mol. The van der Waals surface area contributed by atoms with Crippen molar-refractivity contribution in [3.05, 3.63) is 40.2 Å². The predicted octanol–water partition coefficient (Wildman–Crippen LogP) is 3.01. The third kappa shape index (κ3) is 2.00. The van der Waals surface area contributed by atoms with Crippen LogP contribution in [-0.4, -0.2) is 11.7 Å². The van der Waals surface area contributed by atoms with Gasteiger partial charge in [-0.05, 0) is 34.5 Å². The Morgan fingerprint density at radius 2 is 2.25 bits per heavy atom. The fraction of sp³-hybridized carbons (Fsp3) is 0.222. The fourth-order valence-corrected chi connectivity index (χ4v) is 1.60. The van der Waals surface area contributed by atoms with Crippen LogP contribution in [0, 0.1) is 6.92 Å². The van der Waals surface area contributed by atoms with Crippen LogP contribution in [0.1, 0.15) is 11.5 Å². The topological polar surface area (TPSA) is 20.2 Å². The van der Waals surface area contributed by atoms with Crippen LogP contribution in [0.2, 0.25) is 5.02 Å². The molecule has 1 aromatic carbocycles. The van der Waals surface area contributed by atoms with Crippen LogP contribution in [0.5, 0.6) is 0 Å². The van der Waals surface area contributed by atoms with Gasteiger partial charge >= 0.3 is 0 Å². The Morgan fingerprint density at radius 3 is 2.83 bits per heavy atom. The lowest BCUT2D eigenvalue weighted by Crippen LogP contribution is -1.99. The van der Waals surface area contributed by atoms with Crippen LogP contribution >= 0.6 is 27.5 Å². The zero-order valence-electron chi connectivity index (χ0n) is 6.43. The molecule has 0 spiro atoms. The SMILES string of the molecule is [CH2]C(CO)c1cccc(Br)c1Cl. The molecule has 0 aliphatic carbocycles. The minimum Gasteiger partial charge on any atom is -0.396 e. The molecular weight excluding hydrogens is 239 g/mol. The first kappa shape index (κ1) is 10.0. The van der Waals surface area contributed by atoms with Crippen molar-refractivity contribution >= 4 is 27.5 Å². The summed E-state index contributed by atoms with van der Waals surface area (Å²) in [6.45, 7) is 3.78. The van der Waals surface area contributed by atoms with Gasteiger partial charge in [0.2, 0.25) is 0 Å². The molecule has 1 nitrogen and oxygen atoms in total. The number of hydrogen-bond acceptors (Lipinski definition) is 1. The average Bonchev–Trinajstić information content (AvgIpc) is 2.08. The van der Waals surface area contributed by atoms with E-state index < -0.39 is 0 Å². The van der Waals surface area contributed by atoms with Gasteiger partial charge in [0.05, 0.1) is 5.02 Å². The van der Waals surface area contributed by atoms with Gasteiger partial charge in [-0.15, -0.1) is 0 Å². The van der Waals surface area contributed by atoms with Gasteiger partial charge in [0, 0.05) is 17.0 Å². The van der Waals surface area contributed by atoms with Gasteiger partial charge in [-0.25, -0.2) is 0 Å². The zero-order valence-corrected chi connectivity index (χ0v) is 8.77. The number of aliphatic hydroxyl groups excluding tert-OH is 1. The van der Waals surface area contributed by atoms with Gasteiger partial charge in [-0.3, -0.25) is 0 Å². The van der Waals surface area contributed by atoms with Gasteiger partial charge < -0.3 is 5.11 Å². The lowest BCUT2D eigenvalue weighted by molar-refractivity contribution is 0.282. The molecule has 0 aliphatic heterocycles. The number of benzene rings is 1. The van der Waals surface area contributed by atoms with E-state index in [0.29, 0.717) is 5.02 Å². The number of aliphatic hydroxyl groups is 1. The Labute approximate surface area is 85.5 Å². The first-order valence-corrected chi connectivity index (χ1v) is 4.71. The quantitative estimate of drug-likeness (QED) is 0.853. The first-order valence-electron chi connectivity index (χ1n) is 3.54. The summed E-state index contributed by atoms with van der Waals surface area (Å²) in [5, 5.41) is 9.50. The lowest BCUT2D eigenvalue weighted by Gasteiger charge is -2.10. The smallest absolute Gasteiger partial charge is 0.0583 e. The van der Waals surface area contributed by atoms with Crippen molar-refractivity contribution in [2.24, 2.45) is 0 Å². The van der Waals surface area contributed by atoms with Crippen LogP contribution in [-0.2, 0) is 0 Å². The predicted molar refractivity (Wildman–Crippen MR) is 54.3 cm³/mol. The lowest BCUT2D eigenvalue weighted by atomic mass is 10.0. The summed E-state index contributed by atoms with van der Waals surface area (Å²) >= 11 is 9.27. The molecule has 0 amide bonds. The molecule has 0 bridgehead atoms. The molecule has 12 heavy (non-hydrogen) atoms. The Bertz CT molecular complexity index is 275. The fourth-order valence-electron chi connectivity index (χ4n) is 0.934. The summed E-state index contributed by atoms with van der Waals surface area (Å²) in [6, 6.07) is 5.59. The van der Waals surface area contributed by atoms with Crippen LogP contribution < -0.4 is 0 Å². The zero-order chi connectivity index (χ0) is 9.14. The highest BCUT2D eigenvalue weighted by Crippen LogP contribution is 2.30. The van der Waals surface area contributed by atoms with Crippen molar-refractivity contribution < 1.29 is 5.11 Å². The molecule has 0 saturated carbocycles. The molecule has 0 aromatic heterocycles. The number of halogens is 2. The van der Waals surface area contributed by atoms with Crippen molar-refractivity contribution in [3.63, 3.8) is 0 Å². The van der Waals surface area contributed by atoms with E-state index in [1.165, 1.54) is 0 Å². The van der Waals surface area contributed by atoms with E-state index in [0.717, 1.165) is 10.0 Å². The largest absolute Gasteiger partial charge is 0.396 e. The van der Waals surface area contributed by atoms with E-state index in [9.17, 15) is 0 Å². The summed E-state index contributed by atoms with van der Waals surface area (Å²) in [5.41, 5.74) is 0.869. The highest BCUT2D eigenvalue weighted by Gasteiger charge is 2.09. The first-order chi connectivity index (χ1) is 5.66. The highest BCUT2D eigenvalue weighted by molar-refractivity contribution is 9.10. The van der Waals surface area contributed by atoms with Gasteiger partial charge in [0.15, 0.2) is 0 Å². The standard InChI is InChI=1S/C9H9BrClO/c1-6(5-12)7-3-2-4-8(10)9(7)11/h2-4,6,12H,1,5H2. The van der Waals surface area contributed by atoms with Crippen LogP contribution in [0.15, 0.2) is 22.7 Å². The van der Waals surface area contributed by atoms with Crippen LogP contribution in [0.4, 0.5) is 0 Å². The third-order valence-electron chi connectivity index (χ3n) is 1.64. The Hall–Kier alpha value is -0.0500. The Balaban J connectivity index is 3.07.